The van der Waals surface area contributed by atoms with Crippen molar-refractivity contribution in [3.05, 3.63) is 0 Å². The van der Waals surface area contributed by atoms with E-state index >= 15 is 0 Å². The summed E-state index contributed by atoms with van der Waals surface area (Å²) in [6.07, 6.45) is 0.0589. The molecule has 4 N–H and O–H groups in total. The van der Waals surface area contributed by atoms with Crippen molar-refractivity contribution in [3.63, 3.8) is 0 Å². The number of carbonyl (C=O) groups is 2. The number of hydrogen-bond donors (Lipinski definition) is 3. The average Bonchev–Trinajstić information content (AvgIpc) is 2.13. The third-order valence-corrected chi connectivity index (χ3v) is 2.26. The summed E-state index contributed by atoms with van der Waals surface area (Å²) in [5.41, 5.74) is 4.85. The van der Waals surface area contributed by atoms with E-state index in [1.54, 1.807) is 20.8 Å². The molecule has 5 nitrogen and oxygen atoms in total. The van der Waals surface area contributed by atoms with Gasteiger partial charge in [0.25, 0.3) is 0 Å². The zero-order valence-corrected chi connectivity index (χ0v) is 9.54. The van der Waals surface area contributed by atoms with Gasteiger partial charge in [-0.1, -0.05) is 6.92 Å². The summed E-state index contributed by atoms with van der Waals surface area (Å²) in [7, 11) is 0. The van der Waals surface area contributed by atoms with Crippen molar-refractivity contribution < 1.29 is 14.7 Å². The first kappa shape index (κ1) is 13.9. The lowest BCUT2D eigenvalue weighted by Crippen LogP contribution is -2.43. The van der Waals surface area contributed by atoms with Crippen molar-refractivity contribution in [3.8, 4) is 0 Å². The monoisotopic (exact) mass is 216 g/mol. The van der Waals surface area contributed by atoms with E-state index in [0.717, 1.165) is 0 Å². The molecule has 0 rings (SSSR count). The molecule has 0 spiro atoms. The fourth-order valence-corrected chi connectivity index (χ4v) is 0.969. The van der Waals surface area contributed by atoms with Crippen molar-refractivity contribution in [1.82, 2.24) is 5.32 Å². The standard InChI is InChI=1S/C10H20N2O3/c1-7(4-8(13)14)5-12-9(15)10(2,3)6-11/h7H,4-6,11H2,1-3H3,(H,12,15)(H,13,14). The van der Waals surface area contributed by atoms with Crippen LogP contribution < -0.4 is 11.1 Å². The molecule has 0 aromatic heterocycles. The molecule has 88 valence electrons. The van der Waals surface area contributed by atoms with Crippen LogP contribution in [0, 0.1) is 11.3 Å². The number of aliphatic carboxylic acids is 1. The van der Waals surface area contributed by atoms with Gasteiger partial charge in [-0.25, -0.2) is 0 Å². The van der Waals surface area contributed by atoms with Crippen molar-refractivity contribution in [2.75, 3.05) is 13.1 Å². The zero-order chi connectivity index (χ0) is 12.1. The Labute approximate surface area is 90.0 Å². The molecule has 0 aromatic carbocycles. The summed E-state index contributed by atoms with van der Waals surface area (Å²) in [6.45, 7) is 5.93. The van der Waals surface area contributed by atoms with Gasteiger partial charge in [-0.2, -0.15) is 0 Å². The SMILES string of the molecule is CC(CNC(=O)C(C)(C)CN)CC(=O)O. The lowest BCUT2D eigenvalue weighted by Gasteiger charge is -2.22. The van der Waals surface area contributed by atoms with Crippen molar-refractivity contribution in [2.24, 2.45) is 17.1 Å². The first-order valence-corrected chi connectivity index (χ1v) is 4.99. The summed E-state index contributed by atoms with van der Waals surface area (Å²) >= 11 is 0. The fraction of sp³-hybridized carbons (Fsp3) is 0.800. The Balaban J connectivity index is 3.95. The van der Waals surface area contributed by atoms with Crippen LogP contribution in [-0.2, 0) is 9.59 Å². The molecule has 5 heteroatoms. The van der Waals surface area contributed by atoms with E-state index in [0.29, 0.717) is 6.54 Å². The second-order valence-corrected chi connectivity index (χ2v) is 4.50. The van der Waals surface area contributed by atoms with E-state index in [9.17, 15) is 9.59 Å². The van der Waals surface area contributed by atoms with E-state index < -0.39 is 11.4 Å². The topological polar surface area (TPSA) is 92.4 Å². The molecule has 0 saturated carbocycles. The van der Waals surface area contributed by atoms with Crippen LogP contribution in [0.3, 0.4) is 0 Å². The van der Waals surface area contributed by atoms with Crippen LogP contribution in [0.4, 0.5) is 0 Å². The maximum Gasteiger partial charge on any atom is 0.303 e. The Hall–Kier alpha value is -1.10. The smallest absolute Gasteiger partial charge is 0.303 e. The summed E-state index contributed by atoms with van der Waals surface area (Å²) in [5, 5.41) is 11.2. The molecule has 0 saturated heterocycles. The number of carbonyl (C=O) groups excluding carboxylic acids is 1. The summed E-state index contributed by atoms with van der Waals surface area (Å²) in [4.78, 5) is 21.9. The van der Waals surface area contributed by atoms with Gasteiger partial charge in [0.15, 0.2) is 0 Å². The lowest BCUT2D eigenvalue weighted by atomic mass is 9.92. The van der Waals surface area contributed by atoms with Crippen molar-refractivity contribution >= 4 is 11.9 Å². The highest BCUT2D eigenvalue weighted by atomic mass is 16.4. The molecule has 0 aliphatic heterocycles. The van der Waals surface area contributed by atoms with Crippen LogP contribution in [0.5, 0.6) is 0 Å². The predicted molar refractivity (Wildman–Crippen MR) is 57.3 cm³/mol. The van der Waals surface area contributed by atoms with Crippen LogP contribution in [0.25, 0.3) is 0 Å². The highest BCUT2D eigenvalue weighted by Crippen LogP contribution is 2.12. The summed E-state index contributed by atoms with van der Waals surface area (Å²) in [5.74, 6) is -1.06. The molecule has 15 heavy (non-hydrogen) atoms. The number of amides is 1. The maximum atomic E-state index is 11.5. The average molecular weight is 216 g/mol. The van der Waals surface area contributed by atoms with E-state index in [2.05, 4.69) is 5.32 Å². The van der Waals surface area contributed by atoms with Gasteiger partial charge in [0, 0.05) is 19.5 Å². The third kappa shape index (κ3) is 5.37. The molecule has 0 aliphatic rings. The number of carboxylic acids is 1. The Morgan fingerprint density at radius 1 is 1.47 bits per heavy atom. The molecule has 0 radical (unpaired) electrons. The molecular weight excluding hydrogens is 196 g/mol. The largest absolute Gasteiger partial charge is 0.481 e. The molecule has 0 aromatic rings. The van der Waals surface area contributed by atoms with E-state index in [1.807, 2.05) is 0 Å². The van der Waals surface area contributed by atoms with Crippen molar-refractivity contribution in [1.29, 1.82) is 0 Å². The Kier molecular flexibility index (Phi) is 5.28. The minimum absolute atomic E-state index is 0.0589. The first-order chi connectivity index (χ1) is 6.79. The van der Waals surface area contributed by atoms with Gasteiger partial charge >= 0.3 is 5.97 Å². The van der Waals surface area contributed by atoms with Gasteiger partial charge in [-0.05, 0) is 19.8 Å². The number of hydrogen-bond acceptors (Lipinski definition) is 3. The highest BCUT2D eigenvalue weighted by Gasteiger charge is 2.25. The van der Waals surface area contributed by atoms with E-state index in [1.165, 1.54) is 0 Å². The van der Waals surface area contributed by atoms with Gasteiger partial charge in [0.1, 0.15) is 0 Å². The number of carboxylic acid groups (broad SMARTS) is 1. The molecule has 1 unspecified atom stereocenters. The second-order valence-electron chi connectivity index (χ2n) is 4.50. The molecule has 0 bridgehead atoms. The van der Waals surface area contributed by atoms with Crippen LogP contribution in [0.2, 0.25) is 0 Å². The Morgan fingerprint density at radius 2 is 2.00 bits per heavy atom. The van der Waals surface area contributed by atoms with Crippen LogP contribution in [-0.4, -0.2) is 30.1 Å². The predicted octanol–water partition coefficient (Wildman–Crippen LogP) is 0.198. The Bertz CT molecular complexity index is 239. The molecular formula is C10H20N2O3. The molecule has 0 heterocycles. The Morgan fingerprint density at radius 3 is 2.40 bits per heavy atom. The van der Waals surface area contributed by atoms with Gasteiger partial charge in [-0.15, -0.1) is 0 Å². The fourth-order valence-electron chi connectivity index (χ4n) is 0.969. The quantitative estimate of drug-likeness (QED) is 0.591. The van der Waals surface area contributed by atoms with E-state index in [4.69, 9.17) is 10.8 Å². The molecule has 1 atom stereocenters. The highest BCUT2D eigenvalue weighted by molar-refractivity contribution is 5.82. The summed E-state index contributed by atoms with van der Waals surface area (Å²) in [6, 6.07) is 0. The number of rotatable bonds is 6. The van der Waals surface area contributed by atoms with Crippen LogP contribution in [0.1, 0.15) is 27.2 Å². The molecule has 0 fully saturated rings. The number of nitrogens with two attached hydrogens (primary N) is 1. The van der Waals surface area contributed by atoms with Crippen LogP contribution >= 0.6 is 0 Å². The third-order valence-electron chi connectivity index (χ3n) is 2.26. The van der Waals surface area contributed by atoms with Gasteiger partial charge in [-0.3, -0.25) is 9.59 Å². The van der Waals surface area contributed by atoms with Gasteiger partial charge in [0.05, 0.1) is 5.41 Å². The molecule has 1 amide bonds. The van der Waals surface area contributed by atoms with Gasteiger partial charge in [0.2, 0.25) is 5.91 Å². The molecule has 0 aliphatic carbocycles. The normalized spacial score (nSPS) is 13.3. The van der Waals surface area contributed by atoms with E-state index in [-0.39, 0.29) is 24.8 Å². The maximum absolute atomic E-state index is 11.5. The second kappa shape index (κ2) is 5.70. The van der Waals surface area contributed by atoms with Crippen LogP contribution in [0.15, 0.2) is 0 Å². The zero-order valence-electron chi connectivity index (χ0n) is 9.54. The summed E-state index contributed by atoms with van der Waals surface area (Å²) < 4.78 is 0. The first-order valence-electron chi connectivity index (χ1n) is 4.99. The van der Waals surface area contributed by atoms with Crippen molar-refractivity contribution in [2.45, 2.75) is 27.2 Å². The minimum atomic E-state index is -0.852. The number of nitrogens with one attached hydrogen (secondary N) is 1. The van der Waals surface area contributed by atoms with Gasteiger partial charge < -0.3 is 16.2 Å². The minimum Gasteiger partial charge on any atom is -0.481 e. The lowest BCUT2D eigenvalue weighted by molar-refractivity contribution is -0.138.